The molecular formula is C18H16FNO3. The highest BCUT2D eigenvalue weighted by Gasteiger charge is 2.16. The molecule has 1 aliphatic rings. The van der Waals surface area contributed by atoms with E-state index in [1.54, 1.807) is 18.2 Å². The second-order valence-corrected chi connectivity index (χ2v) is 5.20. The Hall–Kier alpha value is -2.82. The second-order valence-electron chi connectivity index (χ2n) is 5.20. The summed E-state index contributed by atoms with van der Waals surface area (Å²) in [5.74, 6) is 0.719. The maximum absolute atomic E-state index is 13.5. The highest BCUT2D eigenvalue weighted by Crippen LogP contribution is 2.34. The molecule has 23 heavy (non-hydrogen) atoms. The second kappa shape index (κ2) is 6.52. The number of benzene rings is 2. The minimum absolute atomic E-state index is 0.206. The van der Waals surface area contributed by atoms with Gasteiger partial charge in [0.2, 0.25) is 12.7 Å². The average Bonchev–Trinajstić information content (AvgIpc) is 3.01. The smallest absolute Gasteiger partial charge is 0.244 e. The fourth-order valence-electron chi connectivity index (χ4n) is 2.30. The van der Waals surface area contributed by atoms with E-state index in [0.29, 0.717) is 17.1 Å². The monoisotopic (exact) mass is 313 g/mol. The van der Waals surface area contributed by atoms with Crippen LogP contribution >= 0.6 is 0 Å². The number of carbonyl (C=O) groups is 1. The Balaban J connectivity index is 1.64. The molecule has 0 aromatic heterocycles. The normalized spacial score (nSPS) is 14.0. The van der Waals surface area contributed by atoms with Gasteiger partial charge < -0.3 is 14.8 Å². The first-order chi connectivity index (χ1) is 11.1. The van der Waals surface area contributed by atoms with Gasteiger partial charge in [0.25, 0.3) is 0 Å². The molecule has 0 spiro atoms. The summed E-state index contributed by atoms with van der Waals surface area (Å²) in [6.07, 6.45) is 2.78. The van der Waals surface area contributed by atoms with Crippen LogP contribution in [0.5, 0.6) is 11.5 Å². The van der Waals surface area contributed by atoms with Gasteiger partial charge in [-0.05, 0) is 36.8 Å². The van der Waals surface area contributed by atoms with E-state index in [9.17, 15) is 9.18 Å². The number of hydrogen-bond acceptors (Lipinski definition) is 3. The fraction of sp³-hybridized carbons (Fsp3) is 0.167. The maximum atomic E-state index is 13.5. The molecule has 1 unspecified atom stereocenters. The number of carbonyl (C=O) groups excluding carboxylic acids is 1. The molecule has 3 rings (SSSR count). The predicted octanol–water partition coefficient (Wildman–Crippen LogP) is 3.45. The van der Waals surface area contributed by atoms with Crippen molar-refractivity contribution in [3.63, 3.8) is 0 Å². The maximum Gasteiger partial charge on any atom is 0.244 e. The van der Waals surface area contributed by atoms with E-state index in [-0.39, 0.29) is 24.6 Å². The first-order valence-corrected chi connectivity index (χ1v) is 7.26. The summed E-state index contributed by atoms with van der Waals surface area (Å²) in [7, 11) is 0. The molecule has 0 saturated heterocycles. The van der Waals surface area contributed by atoms with Gasteiger partial charge in [-0.3, -0.25) is 4.79 Å². The first-order valence-electron chi connectivity index (χ1n) is 7.26. The number of halogens is 1. The van der Waals surface area contributed by atoms with Gasteiger partial charge in [0, 0.05) is 11.6 Å². The van der Waals surface area contributed by atoms with Gasteiger partial charge >= 0.3 is 0 Å². The molecule has 1 N–H and O–H groups in total. The van der Waals surface area contributed by atoms with Crippen LogP contribution in [-0.4, -0.2) is 12.7 Å². The molecule has 0 fully saturated rings. The zero-order valence-corrected chi connectivity index (χ0v) is 12.6. The molecular weight excluding hydrogens is 297 g/mol. The Morgan fingerprint density at radius 2 is 2.00 bits per heavy atom. The molecule has 0 radical (unpaired) electrons. The fourth-order valence-corrected chi connectivity index (χ4v) is 2.30. The molecule has 1 amide bonds. The van der Waals surface area contributed by atoms with Crippen LogP contribution in [0.15, 0.2) is 48.5 Å². The molecule has 2 aromatic carbocycles. The van der Waals surface area contributed by atoms with Crippen molar-refractivity contribution in [2.45, 2.75) is 13.0 Å². The lowest BCUT2D eigenvalue weighted by atomic mass is 10.1. The first kappa shape index (κ1) is 15.1. The lowest BCUT2D eigenvalue weighted by Crippen LogP contribution is -2.24. The summed E-state index contributed by atoms with van der Waals surface area (Å²) in [4.78, 5) is 12.0. The highest BCUT2D eigenvalue weighted by molar-refractivity contribution is 5.92. The van der Waals surface area contributed by atoms with Crippen LogP contribution in [0, 0.1) is 5.82 Å². The van der Waals surface area contributed by atoms with E-state index in [0.717, 1.165) is 5.56 Å². The minimum Gasteiger partial charge on any atom is -0.454 e. The number of amides is 1. The lowest BCUT2D eigenvalue weighted by Gasteiger charge is -2.13. The predicted molar refractivity (Wildman–Crippen MR) is 84.6 cm³/mol. The SMILES string of the molecule is CC(NC(=O)/C=C/c1ccccc1F)c1ccc2c(c1)OCO2. The van der Waals surface area contributed by atoms with E-state index < -0.39 is 0 Å². The molecule has 118 valence electrons. The summed E-state index contributed by atoms with van der Waals surface area (Å²) in [6, 6.07) is 11.6. The molecule has 5 heteroatoms. The topological polar surface area (TPSA) is 47.6 Å². The number of fused-ring (bicyclic) bond motifs is 1. The largest absolute Gasteiger partial charge is 0.454 e. The average molecular weight is 313 g/mol. The van der Waals surface area contributed by atoms with Crippen molar-refractivity contribution in [3.8, 4) is 11.5 Å². The van der Waals surface area contributed by atoms with Gasteiger partial charge in [0.15, 0.2) is 11.5 Å². The molecule has 2 aromatic rings. The summed E-state index contributed by atoms with van der Waals surface area (Å²) in [5, 5.41) is 2.83. The van der Waals surface area contributed by atoms with Crippen molar-refractivity contribution >= 4 is 12.0 Å². The van der Waals surface area contributed by atoms with Crippen molar-refractivity contribution in [3.05, 3.63) is 65.5 Å². The summed E-state index contributed by atoms with van der Waals surface area (Å²) in [5.41, 5.74) is 1.28. The molecule has 1 atom stereocenters. The van der Waals surface area contributed by atoms with E-state index in [1.807, 2.05) is 25.1 Å². The van der Waals surface area contributed by atoms with E-state index in [4.69, 9.17) is 9.47 Å². The Morgan fingerprint density at radius 3 is 2.83 bits per heavy atom. The summed E-state index contributed by atoms with van der Waals surface area (Å²) >= 11 is 0. The molecule has 4 nitrogen and oxygen atoms in total. The zero-order chi connectivity index (χ0) is 16.2. The van der Waals surface area contributed by atoms with Crippen LogP contribution in [0.3, 0.4) is 0 Å². The number of hydrogen-bond donors (Lipinski definition) is 1. The van der Waals surface area contributed by atoms with Crippen molar-refractivity contribution in [2.24, 2.45) is 0 Å². The van der Waals surface area contributed by atoms with Crippen molar-refractivity contribution in [1.29, 1.82) is 0 Å². The van der Waals surface area contributed by atoms with E-state index in [2.05, 4.69) is 5.32 Å². The van der Waals surface area contributed by atoms with Gasteiger partial charge in [-0.15, -0.1) is 0 Å². The minimum atomic E-state index is -0.361. The quantitative estimate of drug-likeness (QED) is 0.880. The van der Waals surface area contributed by atoms with Gasteiger partial charge in [0.05, 0.1) is 6.04 Å². The molecule has 0 aliphatic carbocycles. The van der Waals surface area contributed by atoms with Gasteiger partial charge in [-0.25, -0.2) is 4.39 Å². The standard InChI is InChI=1S/C18H16FNO3/c1-12(14-6-8-16-17(10-14)23-11-22-16)20-18(21)9-7-13-4-2-3-5-15(13)19/h2-10,12H,11H2,1H3,(H,20,21)/b9-7+. The summed E-state index contributed by atoms with van der Waals surface area (Å²) in [6.45, 7) is 2.08. The molecule has 0 bridgehead atoms. The van der Waals surface area contributed by atoms with Gasteiger partial charge in [-0.1, -0.05) is 24.3 Å². The van der Waals surface area contributed by atoms with Crippen LogP contribution in [-0.2, 0) is 4.79 Å². The van der Waals surface area contributed by atoms with E-state index in [1.165, 1.54) is 18.2 Å². The van der Waals surface area contributed by atoms with Crippen LogP contribution in [0.1, 0.15) is 24.1 Å². The van der Waals surface area contributed by atoms with Crippen LogP contribution in [0.2, 0.25) is 0 Å². The Morgan fingerprint density at radius 1 is 1.22 bits per heavy atom. The third kappa shape index (κ3) is 3.51. The van der Waals surface area contributed by atoms with Gasteiger partial charge in [-0.2, -0.15) is 0 Å². The van der Waals surface area contributed by atoms with Crippen LogP contribution in [0.4, 0.5) is 4.39 Å². The highest BCUT2D eigenvalue weighted by atomic mass is 19.1. The van der Waals surface area contributed by atoms with Crippen LogP contribution < -0.4 is 14.8 Å². The Bertz CT molecular complexity index is 758. The van der Waals surface area contributed by atoms with Gasteiger partial charge in [0.1, 0.15) is 5.82 Å². The van der Waals surface area contributed by atoms with Crippen LogP contribution in [0.25, 0.3) is 6.08 Å². The number of ether oxygens (including phenoxy) is 2. The Kier molecular flexibility index (Phi) is 4.28. The molecule has 1 aliphatic heterocycles. The summed E-state index contributed by atoms with van der Waals surface area (Å²) < 4.78 is 24.1. The number of rotatable bonds is 4. The third-order valence-electron chi connectivity index (χ3n) is 3.57. The molecule has 0 saturated carbocycles. The molecule has 1 heterocycles. The van der Waals surface area contributed by atoms with E-state index >= 15 is 0 Å². The zero-order valence-electron chi connectivity index (χ0n) is 12.6. The van der Waals surface area contributed by atoms with Crippen molar-refractivity contribution in [1.82, 2.24) is 5.32 Å². The van der Waals surface area contributed by atoms with Crippen molar-refractivity contribution < 1.29 is 18.7 Å². The lowest BCUT2D eigenvalue weighted by molar-refractivity contribution is -0.117. The van der Waals surface area contributed by atoms with Crippen molar-refractivity contribution in [2.75, 3.05) is 6.79 Å². The number of nitrogens with one attached hydrogen (secondary N) is 1. The Labute approximate surface area is 133 Å². The third-order valence-corrected chi connectivity index (χ3v) is 3.57.